The molecule has 3 N–H and O–H groups in total. The Morgan fingerprint density at radius 3 is 2.62 bits per heavy atom. The Morgan fingerprint density at radius 2 is 1.88 bits per heavy atom. The van der Waals surface area contributed by atoms with Crippen molar-refractivity contribution in [3.8, 4) is 22.9 Å². The van der Waals surface area contributed by atoms with Crippen LogP contribution in [0.4, 0.5) is 5.95 Å². The molecule has 1 atom stereocenters. The molecule has 4 aromatic rings. The first-order valence-electron chi connectivity index (χ1n) is 15.3. The molecule has 6 heterocycles. The average Bonchev–Trinajstić information content (AvgIpc) is 3.35. The first-order valence-corrected chi connectivity index (χ1v) is 15.3. The Morgan fingerprint density at radius 1 is 1.07 bits per heavy atom. The van der Waals surface area contributed by atoms with Crippen LogP contribution in [0.1, 0.15) is 61.4 Å². The van der Waals surface area contributed by atoms with Gasteiger partial charge in [-0.05, 0) is 75.2 Å². The van der Waals surface area contributed by atoms with E-state index >= 15 is 0 Å². The van der Waals surface area contributed by atoms with Crippen molar-refractivity contribution >= 4 is 17.0 Å². The van der Waals surface area contributed by atoms with Crippen LogP contribution in [0.3, 0.4) is 0 Å². The first-order chi connectivity index (χ1) is 20.5. The first kappa shape index (κ1) is 25.9. The summed E-state index contributed by atoms with van der Waals surface area (Å²) >= 11 is 0. The second kappa shape index (κ2) is 9.91. The van der Waals surface area contributed by atoms with Crippen molar-refractivity contribution in [3.63, 3.8) is 0 Å². The summed E-state index contributed by atoms with van der Waals surface area (Å²) in [4.78, 5) is 18.3. The number of methoxy groups -OCH3 is 1. The minimum atomic E-state index is 0.0272. The highest BCUT2D eigenvalue weighted by atomic mass is 16.5. The smallest absolute Gasteiger partial charge is 0.229 e. The molecule has 1 saturated carbocycles. The average molecular weight is 567 g/mol. The van der Waals surface area contributed by atoms with Crippen LogP contribution in [0.25, 0.3) is 22.3 Å². The monoisotopic (exact) mass is 566 g/mol. The number of piperidine rings is 1. The Balaban J connectivity index is 1.02. The summed E-state index contributed by atoms with van der Waals surface area (Å²) in [6.07, 6.45) is 7.81. The molecule has 0 unspecified atom stereocenters. The van der Waals surface area contributed by atoms with Crippen molar-refractivity contribution in [2.75, 3.05) is 44.7 Å². The molecule has 0 bridgehead atoms. The number of aromatic nitrogens is 5. The minimum absolute atomic E-state index is 0.0272. The Labute approximate surface area is 245 Å². The van der Waals surface area contributed by atoms with E-state index in [9.17, 15) is 5.11 Å². The van der Waals surface area contributed by atoms with Gasteiger partial charge in [0.1, 0.15) is 5.75 Å². The molecular formula is C32H38N8O2. The standard InChI is InChI=1S/C32H38N8O2/c1-19-28-23-13-26(22-5-3-4-6-27(22)41)37-38-29(23)35-25(28)9-12-40(19)31-34-16-24(30(36-31)42-2)20-7-10-39(11-8-20)21-14-32(15-21)17-33-18-32/h3-6,13,16,19-21,33,41H,7-12,14-15,17-18H2,1-2H3,(H,35,38)/t19-/m1/s1. The fourth-order valence-corrected chi connectivity index (χ4v) is 7.90. The highest BCUT2D eigenvalue weighted by Gasteiger charge is 2.50. The summed E-state index contributed by atoms with van der Waals surface area (Å²) in [5, 5.41) is 23.7. The van der Waals surface area contributed by atoms with E-state index in [1.807, 2.05) is 30.5 Å². The lowest BCUT2D eigenvalue weighted by atomic mass is 9.61. The molecule has 1 aromatic carbocycles. The van der Waals surface area contributed by atoms with Gasteiger partial charge in [-0.2, -0.15) is 4.98 Å². The van der Waals surface area contributed by atoms with Crippen LogP contribution in [-0.2, 0) is 6.42 Å². The van der Waals surface area contributed by atoms with Crippen LogP contribution < -0.4 is 15.0 Å². The predicted molar refractivity (Wildman–Crippen MR) is 161 cm³/mol. The van der Waals surface area contributed by atoms with Gasteiger partial charge in [0, 0.05) is 66.1 Å². The Kier molecular flexibility index (Phi) is 6.12. The normalized spacial score (nSPS) is 22.6. The number of ether oxygens (including phenoxy) is 1. The van der Waals surface area contributed by atoms with Gasteiger partial charge in [0.15, 0.2) is 5.65 Å². The molecule has 10 heteroatoms. The van der Waals surface area contributed by atoms with E-state index in [1.165, 1.54) is 37.2 Å². The van der Waals surface area contributed by atoms with E-state index in [1.54, 1.807) is 13.2 Å². The Hall–Kier alpha value is -3.76. The summed E-state index contributed by atoms with van der Waals surface area (Å²) in [6, 6.07) is 10.1. The van der Waals surface area contributed by atoms with E-state index in [0.717, 1.165) is 61.5 Å². The number of para-hydroxylation sites is 1. The Bertz CT molecular complexity index is 1630. The molecule has 218 valence electrons. The number of anilines is 1. The highest BCUT2D eigenvalue weighted by molar-refractivity contribution is 5.86. The molecular weight excluding hydrogens is 528 g/mol. The van der Waals surface area contributed by atoms with Gasteiger partial charge >= 0.3 is 0 Å². The summed E-state index contributed by atoms with van der Waals surface area (Å²) < 4.78 is 5.88. The third kappa shape index (κ3) is 4.14. The van der Waals surface area contributed by atoms with Gasteiger partial charge in [-0.3, -0.25) is 0 Å². The number of aromatic hydroxyl groups is 1. The largest absolute Gasteiger partial charge is 0.507 e. The van der Waals surface area contributed by atoms with Crippen LogP contribution in [0.5, 0.6) is 11.6 Å². The maximum Gasteiger partial charge on any atom is 0.229 e. The number of fused-ring (bicyclic) bond motifs is 3. The van der Waals surface area contributed by atoms with Crippen LogP contribution in [0.15, 0.2) is 36.5 Å². The number of phenols is 1. The number of likely N-dealkylation sites (tertiary alicyclic amines) is 1. The quantitative estimate of drug-likeness (QED) is 0.327. The fraction of sp³-hybridized carbons (Fsp3) is 0.500. The van der Waals surface area contributed by atoms with Gasteiger partial charge in [-0.15, -0.1) is 10.2 Å². The highest BCUT2D eigenvalue weighted by Crippen LogP contribution is 2.48. The van der Waals surface area contributed by atoms with Gasteiger partial charge in [0.2, 0.25) is 11.8 Å². The van der Waals surface area contributed by atoms with Crippen molar-refractivity contribution in [3.05, 3.63) is 53.3 Å². The third-order valence-corrected chi connectivity index (χ3v) is 10.4. The number of benzene rings is 1. The molecule has 3 aliphatic heterocycles. The summed E-state index contributed by atoms with van der Waals surface area (Å²) in [6.45, 7) is 7.69. The molecule has 3 fully saturated rings. The molecule has 1 aliphatic carbocycles. The van der Waals surface area contributed by atoms with E-state index in [4.69, 9.17) is 14.7 Å². The lowest BCUT2D eigenvalue weighted by Gasteiger charge is -2.58. The van der Waals surface area contributed by atoms with Crippen molar-refractivity contribution in [2.45, 2.75) is 57.0 Å². The summed E-state index contributed by atoms with van der Waals surface area (Å²) in [5.74, 6) is 2.01. The van der Waals surface area contributed by atoms with Gasteiger partial charge in [-0.25, -0.2) is 4.98 Å². The van der Waals surface area contributed by atoms with E-state index in [2.05, 4.69) is 37.2 Å². The molecule has 2 saturated heterocycles. The number of phenolic OH excluding ortho intramolecular Hbond substituents is 1. The summed E-state index contributed by atoms with van der Waals surface area (Å²) in [7, 11) is 1.72. The maximum atomic E-state index is 10.4. The van der Waals surface area contributed by atoms with Crippen molar-refractivity contribution < 1.29 is 9.84 Å². The van der Waals surface area contributed by atoms with Crippen molar-refractivity contribution in [1.82, 2.24) is 35.4 Å². The maximum absolute atomic E-state index is 10.4. The molecule has 1 spiro atoms. The van der Waals surface area contributed by atoms with Crippen LogP contribution in [-0.4, -0.2) is 81.0 Å². The lowest BCUT2D eigenvalue weighted by Crippen LogP contribution is -2.65. The molecule has 42 heavy (non-hydrogen) atoms. The van der Waals surface area contributed by atoms with Crippen LogP contribution >= 0.6 is 0 Å². The second-order valence-corrected chi connectivity index (χ2v) is 12.8. The van der Waals surface area contributed by atoms with E-state index in [-0.39, 0.29) is 11.8 Å². The predicted octanol–water partition coefficient (Wildman–Crippen LogP) is 4.18. The fourth-order valence-electron chi connectivity index (χ4n) is 7.90. The number of aromatic amines is 1. The van der Waals surface area contributed by atoms with Gasteiger partial charge < -0.3 is 29.9 Å². The van der Waals surface area contributed by atoms with Gasteiger partial charge in [-0.1, -0.05) is 12.1 Å². The van der Waals surface area contributed by atoms with E-state index in [0.29, 0.717) is 34.4 Å². The second-order valence-electron chi connectivity index (χ2n) is 12.8. The molecule has 0 radical (unpaired) electrons. The third-order valence-electron chi connectivity index (χ3n) is 10.4. The molecule has 3 aromatic heterocycles. The zero-order chi connectivity index (χ0) is 28.4. The summed E-state index contributed by atoms with van der Waals surface area (Å²) in [5.41, 5.74) is 6.18. The molecule has 4 aliphatic rings. The van der Waals surface area contributed by atoms with Crippen molar-refractivity contribution in [1.29, 1.82) is 0 Å². The number of hydrogen-bond donors (Lipinski definition) is 3. The molecule has 10 nitrogen and oxygen atoms in total. The zero-order valence-corrected chi connectivity index (χ0v) is 24.3. The van der Waals surface area contributed by atoms with Crippen molar-refractivity contribution in [2.24, 2.45) is 5.41 Å². The number of hydrogen-bond acceptors (Lipinski definition) is 9. The number of rotatable bonds is 5. The number of nitrogens with one attached hydrogen (secondary N) is 2. The molecule has 0 amide bonds. The SMILES string of the molecule is COc1nc(N2CCc3[nH]c4nnc(-c5ccccc5O)cc4c3[C@H]2C)ncc1C1CCN(C2CC3(CNC3)C2)CC1. The number of H-pyrrole nitrogens is 1. The van der Waals surface area contributed by atoms with Gasteiger partial charge in [0.25, 0.3) is 0 Å². The van der Waals surface area contributed by atoms with Crippen LogP contribution in [0.2, 0.25) is 0 Å². The van der Waals surface area contributed by atoms with E-state index < -0.39 is 0 Å². The number of nitrogens with zero attached hydrogens (tertiary/aromatic N) is 6. The lowest BCUT2D eigenvalue weighted by molar-refractivity contribution is -0.0433. The minimum Gasteiger partial charge on any atom is -0.507 e. The van der Waals surface area contributed by atoms with Crippen LogP contribution in [0, 0.1) is 5.41 Å². The topological polar surface area (TPSA) is 115 Å². The zero-order valence-electron chi connectivity index (χ0n) is 24.3. The molecule has 8 rings (SSSR count). The van der Waals surface area contributed by atoms with Gasteiger partial charge in [0.05, 0.1) is 18.8 Å².